The Hall–Kier alpha value is -2.99. The first-order valence-corrected chi connectivity index (χ1v) is 8.31. The molecule has 0 aliphatic heterocycles. The van der Waals surface area contributed by atoms with Gasteiger partial charge in [0.25, 0.3) is 0 Å². The molecule has 4 aromatic rings. The highest BCUT2D eigenvalue weighted by Crippen LogP contribution is 2.25. The zero-order valence-corrected chi connectivity index (χ0v) is 13.5. The van der Waals surface area contributed by atoms with Crippen molar-refractivity contribution in [3.8, 4) is 5.75 Å². The molecule has 0 aliphatic rings. The number of aromatic nitrogens is 3. The zero-order chi connectivity index (χ0) is 16.2. The molecule has 0 atom stereocenters. The highest BCUT2D eigenvalue weighted by Gasteiger charge is 2.07. The van der Waals surface area contributed by atoms with Gasteiger partial charge in [-0.1, -0.05) is 47.7 Å². The third-order valence-corrected chi connectivity index (χ3v) is 4.25. The molecular weight excluding hydrogens is 320 g/mol. The largest absolute Gasteiger partial charge is 0.484 e. The number of nitrogens with one attached hydrogen (secondary N) is 1. The van der Waals surface area contributed by atoms with Gasteiger partial charge in [0, 0.05) is 17.3 Å². The first kappa shape index (κ1) is 14.6. The van der Waals surface area contributed by atoms with Crippen LogP contribution in [-0.2, 0) is 6.61 Å². The Morgan fingerprint density at radius 3 is 2.71 bits per heavy atom. The fourth-order valence-corrected chi connectivity index (χ4v) is 3.01. The van der Waals surface area contributed by atoms with E-state index in [1.165, 1.54) is 11.3 Å². The van der Waals surface area contributed by atoms with Gasteiger partial charge in [0.2, 0.25) is 5.13 Å². The Kier molecular flexibility index (Phi) is 4.04. The predicted molar refractivity (Wildman–Crippen MR) is 95.7 cm³/mol. The van der Waals surface area contributed by atoms with Crippen LogP contribution in [0.25, 0.3) is 10.9 Å². The molecule has 0 unspecified atom stereocenters. The van der Waals surface area contributed by atoms with E-state index in [0.29, 0.717) is 6.61 Å². The highest BCUT2D eigenvalue weighted by atomic mass is 32.1. The number of pyridine rings is 1. The molecule has 2 aromatic carbocycles. The molecule has 0 aliphatic carbocycles. The number of anilines is 2. The van der Waals surface area contributed by atoms with Crippen LogP contribution in [0.2, 0.25) is 0 Å². The lowest BCUT2D eigenvalue weighted by molar-refractivity contribution is 0.307. The Morgan fingerprint density at radius 2 is 1.79 bits per heavy atom. The molecule has 24 heavy (non-hydrogen) atoms. The van der Waals surface area contributed by atoms with Gasteiger partial charge in [-0.15, -0.1) is 10.2 Å². The van der Waals surface area contributed by atoms with Crippen molar-refractivity contribution in [1.82, 2.24) is 15.2 Å². The fraction of sp³-hybridized carbons (Fsp3) is 0.0556. The Bertz CT molecular complexity index is 950. The van der Waals surface area contributed by atoms with Crippen molar-refractivity contribution in [2.75, 3.05) is 5.32 Å². The third-order valence-electron chi connectivity index (χ3n) is 3.44. The van der Waals surface area contributed by atoms with E-state index >= 15 is 0 Å². The van der Waals surface area contributed by atoms with Crippen LogP contribution in [-0.4, -0.2) is 15.2 Å². The number of hydrogen-bond acceptors (Lipinski definition) is 6. The van der Waals surface area contributed by atoms with E-state index in [1.807, 2.05) is 60.7 Å². The number of benzene rings is 2. The van der Waals surface area contributed by atoms with Gasteiger partial charge in [0.1, 0.15) is 17.9 Å². The second kappa shape index (κ2) is 6.64. The van der Waals surface area contributed by atoms with Crippen molar-refractivity contribution < 1.29 is 4.74 Å². The quantitative estimate of drug-likeness (QED) is 0.586. The summed E-state index contributed by atoms with van der Waals surface area (Å²) in [6.07, 6.45) is 1.77. The third kappa shape index (κ3) is 3.18. The molecule has 2 heterocycles. The summed E-state index contributed by atoms with van der Waals surface area (Å²) >= 11 is 1.47. The van der Waals surface area contributed by atoms with Crippen LogP contribution in [0.5, 0.6) is 5.75 Å². The van der Waals surface area contributed by atoms with Crippen LogP contribution in [0, 0.1) is 0 Å². The molecule has 0 radical (unpaired) electrons. The normalized spacial score (nSPS) is 10.7. The van der Waals surface area contributed by atoms with E-state index in [2.05, 4.69) is 20.5 Å². The minimum Gasteiger partial charge on any atom is -0.484 e. The number of hydrogen-bond donors (Lipinski definition) is 1. The second-order valence-corrected chi connectivity index (χ2v) is 6.17. The van der Waals surface area contributed by atoms with E-state index in [-0.39, 0.29) is 0 Å². The molecule has 0 amide bonds. The summed E-state index contributed by atoms with van der Waals surface area (Å²) in [5.41, 5.74) is 1.84. The summed E-state index contributed by atoms with van der Waals surface area (Å²) in [6, 6.07) is 19.7. The van der Waals surface area contributed by atoms with Crippen LogP contribution in [0.4, 0.5) is 10.8 Å². The van der Waals surface area contributed by atoms with E-state index in [4.69, 9.17) is 4.74 Å². The van der Waals surface area contributed by atoms with Gasteiger partial charge in [-0.25, -0.2) is 0 Å². The smallest absolute Gasteiger partial charge is 0.210 e. The van der Waals surface area contributed by atoms with Gasteiger partial charge in [-0.3, -0.25) is 4.98 Å². The van der Waals surface area contributed by atoms with E-state index in [9.17, 15) is 0 Å². The Morgan fingerprint density at radius 1 is 0.917 bits per heavy atom. The van der Waals surface area contributed by atoms with Crippen LogP contribution in [0.15, 0.2) is 66.9 Å². The summed E-state index contributed by atoms with van der Waals surface area (Å²) in [4.78, 5) is 4.38. The van der Waals surface area contributed by atoms with Crippen molar-refractivity contribution in [3.63, 3.8) is 0 Å². The van der Waals surface area contributed by atoms with Crippen molar-refractivity contribution >= 4 is 33.1 Å². The molecule has 0 saturated heterocycles. The first-order chi connectivity index (χ1) is 11.9. The standard InChI is InChI=1S/C18H14N4OS/c1-2-8-14(9-3-1)20-18-22-21-16(24-18)12-23-15-10-4-6-13-7-5-11-19-17(13)15/h1-11H,12H2,(H,20,22). The maximum Gasteiger partial charge on any atom is 0.210 e. The number of para-hydroxylation sites is 2. The lowest BCUT2D eigenvalue weighted by Crippen LogP contribution is -1.96. The van der Waals surface area contributed by atoms with Crippen molar-refractivity contribution in [2.45, 2.75) is 6.61 Å². The van der Waals surface area contributed by atoms with Gasteiger partial charge in [-0.2, -0.15) is 0 Å². The molecule has 4 rings (SSSR count). The van der Waals surface area contributed by atoms with Gasteiger partial charge >= 0.3 is 0 Å². The molecular formula is C18H14N4OS. The molecule has 5 nitrogen and oxygen atoms in total. The summed E-state index contributed by atoms with van der Waals surface area (Å²) < 4.78 is 5.89. The molecule has 0 saturated carbocycles. The highest BCUT2D eigenvalue weighted by molar-refractivity contribution is 7.15. The topological polar surface area (TPSA) is 59.9 Å². The zero-order valence-electron chi connectivity index (χ0n) is 12.7. The maximum atomic E-state index is 5.89. The summed E-state index contributed by atoms with van der Waals surface area (Å²) in [7, 11) is 0. The lowest BCUT2D eigenvalue weighted by atomic mass is 10.2. The number of rotatable bonds is 5. The minimum atomic E-state index is 0.365. The van der Waals surface area contributed by atoms with Gasteiger partial charge in [0.05, 0.1) is 0 Å². The fourth-order valence-electron chi connectivity index (χ4n) is 2.34. The van der Waals surface area contributed by atoms with E-state index in [1.54, 1.807) is 6.20 Å². The van der Waals surface area contributed by atoms with Crippen LogP contribution in [0.1, 0.15) is 5.01 Å². The van der Waals surface area contributed by atoms with Crippen molar-refractivity contribution in [2.24, 2.45) is 0 Å². The molecule has 0 fully saturated rings. The number of fused-ring (bicyclic) bond motifs is 1. The summed E-state index contributed by atoms with van der Waals surface area (Å²) in [5, 5.41) is 14.2. The van der Waals surface area contributed by atoms with Crippen LogP contribution in [0.3, 0.4) is 0 Å². The second-order valence-electron chi connectivity index (χ2n) is 5.11. The van der Waals surface area contributed by atoms with Gasteiger partial charge in [0.15, 0.2) is 5.01 Å². The predicted octanol–water partition coefficient (Wildman–Crippen LogP) is 4.41. The molecule has 1 N–H and O–H groups in total. The molecule has 0 bridgehead atoms. The monoisotopic (exact) mass is 334 g/mol. The van der Waals surface area contributed by atoms with Gasteiger partial charge < -0.3 is 10.1 Å². The van der Waals surface area contributed by atoms with Crippen molar-refractivity contribution in [3.05, 3.63) is 71.9 Å². The van der Waals surface area contributed by atoms with Crippen LogP contribution < -0.4 is 10.1 Å². The van der Waals surface area contributed by atoms with Crippen LogP contribution >= 0.6 is 11.3 Å². The summed E-state index contributed by atoms with van der Waals surface area (Å²) in [5.74, 6) is 0.751. The van der Waals surface area contributed by atoms with E-state index < -0.39 is 0 Å². The SMILES string of the molecule is c1ccc(Nc2nnc(COc3cccc4cccnc34)s2)cc1. The number of ether oxygens (including phenoxy) is 1. The first-order valence-electron chi connectivity index (χ1n) is 7.49. The number of nitrogens with zero attached hydrogens (tertiary/aromatic N) is 3. The van der Waals surface area contributed by atoms with Crippen molar-refractivity contribution in [1.29, 1.82) is 0 Å². The van der Waals surface area contributed by atoms with Gasteiger partial charge in [-0.05, 0) is 24.3 Å². The lowest BCUT2D eigenvalue weighted by Gasteiger charge is -2.06. The molecule has 118 valence electrons. The Balaban J connectivity index is 1.46. The Labute approximate surface area is 143 Å². The maximum absolute atomic E-state index is 5.89. The molecule has 0 spiro atoms. The molecule has 2 aromatic heterocycles. The molecule has 6 heteroatoms. The average Bonchev–Trinajstić information content (AvgIpc) is 3.08. The average molecular weight is 334 g/mol. The minimum absolute atomic E-state index is 0.365. The van der Waals surface area contributed by atoms with E-state index in [0.717, 1.165) is 32.5 Å². The summed E-state index contributed by atoms with van der Waals surface area (Å²) in [6.45, 7) is 0.365.